The Morgan fingerprint density at radius 1 is 1.38 bits per heavy atom. The van der Waals surface area contributed by atoms with Crippen molar-refractivity contribution in [1.29, 1.82) is 0 Å². The summed E-state index contributed by atoms with van der Waals surface area (Å²) in [5.41, 5.74) is 3.75. The Morgan fingerprint density at radius 2 is 2.14 bits per heavy atom. The number of hydrogen-bond acceptors (Lipinski definition) is 2. The molecule has 2 rings (SSSR count). The molecule has 0 aliphatic rings. The monoisotopic (exact) mass is 285 g/mol. The smallest absolute Gasteiger partial charge is 0.193 e. The molecule has 5 nitrogen and oxygen atoms in total. The Hall–Kier alpha value is -2.30. The lowest BCUT2D eigenvalue weighted by Crippen LogP contribution is -2.38. The van der Waals surface area contributed by atoms with E-state index in [9.17, 15) is 0 Å². The molecule has 0 radical (unpaired) electrons. The summed E-state index contributed by atoms with van der Waals surface area (Å²) in [5.74, 6) is 0.877. The molecule has 0 saturated carbocycles. The fourth-order valence-corrected chi connectivity index (χ4v) is 2.25. The van der Waals surface area contributed by atoms with E-state index in [1.807, 2.05) is 26.5 Å². The van der Waals surface area contributed by atoms with Gasteiger partial charge in [0.25, 0.3) is 0 Å². The zero-order valence-corrected chi connectivity index (χ0v) is 13.2. The van der Waals surface area contributed by atoms with Crippen molar-refractivity contribution < 1.29 is 0 Å². The summed E-state index contributed by atoms with van der Waals surface area (Å²) in [5, 5.41) is 7.53. The van der Waals surface area contributed by atoms with E-state index in [0.29, 0.717) is 0 Å². The third kappa shape index (κ3) is 4.08. The van der Waals surface area contributed by atoms with Crippen molar-refractivity contribution in [3.8, 4) is 0 Å². The molecule has 1 heterocycles. The summed E-state index contributed by atoms with van der Waals surface area (Å²) in [6.07, 6.45) is 3.86. The van der Waals surface area contributed by atoms with Crippen molar-refractivity contribution in [2.24, 2.45) is 12.0 Å². The minimum atomic E-state index is 0.721. The van der Waals surface area contributed by atoms with Crippen molar-refractivity contribution in [2.75, 3.05) is 14.1 Å². The highest BCUT2D eigenvalue weighted by molar-refractivity contribution is 5.79. The predicted octanol–water partition coefficient (Wildman–Crippen LogP) is 1.94. The number of hydrogen-bond donors (Lipinski definition) is 1. The third-order valence-electron chi connectivity index (χ3n) is 3.45. The van der Waals surface area contributed by atoms with Gasteiger partial charge in [-0.2, -0.15) is 5.10 Å². The van der Waals surface area contributed by atoms with Crippen molar-refractivity contribution in [3.63, 3.8) is 0 Å². The molecule has 0 unspecified atom stereocenters. The summed E-state index contributed by atoms with van der Waals surface area (Å²) in [4.78, 5) is 6.46. The molecule has 0 fully saturated rings. The first kappa shape index (κ1) is 15.1. The van der Waals surface area contributed by atoms with Gasteiger partial charge in [0.1, 0.15) is 0 Å². The Labute approximate surface area is 126 Å². The van der Waals surface area contributed by atoms with E-state index in [1.54, 1.807) is 11.7 Å². The average Bonchev–Trinajstić information content (AvgIpc) is 2.88. The van der Waals surface area contributed by atoms with Gasteiger partial charge in [0, 0.05) is 46.0 Å². The fraction of sp³-hybridized carbons (Fsp3) is 0.375. The van der Waals surface area contributed by atoms with Gasteiger partial charge < -0.3 is 10.2 Å². The van der Waals surface area contributed by atoms with E-state index in [-0.39, 0.29) is 0 Å². The van der Waals surface area contributed by atoms with Gasteiger partial charge in [0.2, 0.25) is 0 Å². The first-order chi connectivity index (χ1) is 10.1. The second-order valence-electron chi connectivity index (χ2n) is 5.21. The van der Waals surface area contributed by atoms with E-state index >= 15 is 0 Å². The molecule has 0 aliphatic carbocycles. The molecule has 1 aromatic heterocycles. The quantitative estimate of drug-likeness (QED) is 0.690. The first-order valence-electron chi connectivity index (χ1n) is 7.04. The van der Waals surface area contributed by atoms with Gasteiger partial charge in [-0.25, -0.2) is 0 Å². The fourth-order valence-electron chi connectivity index (χ4n) is 2.25. The molecule has 0 spiro atoms. The first-order valence-corrected chi connectivity index (χ1v) is 7.04. The van der Waals surface area contributed by atoms with Crippen LogP contribution in [0.3, 0.4) is 0 Å². The molecule has 2 aromatic rings. The minimum Gasteiger partial charge on any atom is -0.352 e. The summed E-state index contributed by atoms with van der Waals surface area (Å²) >= 11 is 0. The molecule has 0 saturated heterocycles. The summed E-state index contributed by atoms with van der Waals surface area (Å²) in [6.45, 7) is 3.69. The second-order valence-corrected chi connectivity index (χ2v) is 5.21. The summed E-state index contributed by atoms with van der Waals surface area (Å²) in [7, 11) is 5.77. The molecule has 5 heteroatoms. The van der Waals surface area contributed by atoms with E-state index in [0.717, 1.165) is 24.6 Å². The van der Waals surface area contributed by atoms with Crippen molar-refractivity contribution in [2.45, 2.75) is 20.0 Å². The lowest BCUT2D eigenvalue weighted by molar-refractivity contribution is 0.475. The van der Waals surface area contributed by atoms with Crippen LogP contribution in [-0.2, 0) is 20.1 Å². The highest BCUT2D eigenvalue weighted by atomic mass is 15.3. The summed E-state index contributed by atoms with van der Waals surface area (Å²) in [6, 6.07) is 8.42. The molecular weight excluding hydrogens is 262 g/mol. The minimum absolute atomic E-state index is 0.721. The van der Waals surface area contributed by atoms with Gasteiger partial charge in [-0.3, -0.25) is 9.67 Å². The van der Waals surface area contributed by atoms with Crippen LogP contribution < -0.4 is 5.32 Å². The van der Waals surface area contributed by atoms with E-state index in [4.69, 9.17) is 0 Å². The topological polar surface area (TPSA) is 45.5 Å². The van der Waals surface area contributed by atoms with Crippen molar-refractivity contribution in [3.05, 3.63) is 53.3 Å². The Bertz CT molecular complexity index is 615. The zero-order valence-electron chi connectivity index (χ0n) is 13.2. The maximum atomic E-state index is 4.34. The van der Waals surface area contributed by atoms with Crippen LogP contribution in [0, 0.1) is 6.92 Å². The number of aromatic nitrogens is 2. The van der Waals surface area contributed by atoms with Crippen LogP contribution in [0.2, 0.25) is 0 Å². The molecule has 0 atom stereocenters. The van der Waals surface area contributed by atoms with Crippen LogP contribution in [0.4, 0.5) is 0 Å². The molecule has 1 aromatic carbocycles. The van der Waals surface area contributed by atoms with E-state index in [1.165, 1.54) is 11.1 Å². The van der Waals surface area contributed by atoms with Crippen LogP contribution in [0.1, 0.15) is 16.7 Å². The largest absolute Gasteiger partial charge is 0.352 e. The van der Waals surface area contributed by atoms with E-state index < -0.39 is 0 Å². The maximum Gasteiger partial charge on any atom is 0.193 e. The maximum absolute atomic E-state index is 4.34. The SMILES string of the molecule is CN=C(NCc1cnn(C)c1)N(C)Cc1ccccc1C. The Morgan fingerprint density at radius 3 is 2.76 bits per heavy atom. The highest BCUT2D eigenvalue weighted by Crippen LogP contribution is 2.09. The average molecular weight is 285 g/mol. The summed E-state index contributed by atoms with van der Waals surface area (Å²) < 4.78 is 1.80. The van der Waals surface area contributed by atoms with Gasteiger partial charge >= 0.3 is 0 Å². The van der Waals surface area contributed by atoms with Crippen LogP contribution >= 0.6 is 0 Å². The lowest BCUT2D eigenvalue weighted by Gasteiger charge is -2.22. The van der Waals surface area contributed by atoms with Crippen LogP contribution in [-0.4, -0.2) is 34.7 Å². The number of guanidine groups is 1. The standard InChI is InChI=1S/C16H23N5/c1-13-7-5-6-8-15(13)12-20(3)16(17-2)18-9-14-10-19-21(4)11-14/h5-8,10-11H,9,12H2,1-4H3,(H,17,18). The van der Waals surface area contributed by atoms with Crippen molar-refractivity contribution in [1.82, 2.24) is 20.0 Å². The van der Waals surface area contributed by atoms with Gasteiger partial charge in [-0.05, 0) is 18.1 Å². The molecule has 0 bridgehead atoms. The van der Waals surface area contributed by atoms with Gasteiger partial charge in [0.05, 0.1) is 6.20 Å². The number of rotatable bonds is 4. The molecule has 0 amide bonds. The van der Waals surface area contributed by atoms with Crippen LogP contribution in [0.25, 0.3) is 0 Å². The van der Waals surface area contributed by atoms with Gasteiger partial charge in [-0.1, -0.05) is 24.3 Å². The number of aryl methyl sites for hydroxylation is 2. The zero-order chi connectivity index (χ0) is 15.2. The number of benzene rings is 1. The highest BCUT2D eigenvalue weighted by Gasteiger charge is 2.08. The molecule has 1 N–H and O–H groups in total. The molecule has 112 valence electrons. The molecule has 21 heavy (non-hydrogen) atoms. The number of nitrogens with one attached hydrogen (secondary N) is 1. The second kappa shape index (κ2) is 6.92. The third-order valence-corrected chi connectivity index (χ3v) is 3.45. The van der Waals surface area contributed by atoms with Crippen LogP contribution in [0.5, 0.6) is 0 Å². The van der Waals surface area contributed by atoms with Crippen molar-refractivity contribution >= 4 is 5.96 Å². The molecular formula is C16H23N5. The van der Waals surface area contributed by atoms with E-state index in [2.05, 4.69) is 51.5 Å². The number of nitrogens with zero attached hydrogens (tertiary/aromatic N) is 4. The lowest BCUT2D eigenvalue weighted by atomic mass is 10.1. The Kier molecular flexibility index (Phi) is 4.98. The normalized spacial score (nSPS) is 11.5. The van der Waals surface area contributed by atoms with Gasteiger partial charge in [0.15, 0.2) is 5.96 Å². The predicted molar refractivity (Wildman–Crippen MR) is 86.1 cm³/mol. The van der Waals surface area contributed by atoms with Gasteiger partial charge in [-0.15, -0.1) is 0 Å². The number of aliphatic imine (C=N–C) groups is 1. The van der Waals surface area contributed by atoms with Crippen LogP contribution in [0.15, 0.2) is 41.7 Å². The Balaban J connectivity index is 1.96. The molecule has 0 aliphatic heterocycles.